The topological polar surface area (TPSA) is 51.8 Å². The summed E-state index contributed by atoms with van der Waals surface area (Å²) in [6.07, 6.45) is 7.35. The quantitative estimate of drug-likeness (QED) is 0.164. The molecule has 0 unspecified atom stereocenters. The first-order valence-corrected chi connectivity index (χ1v) is 19.1. The molecule has 0 saturated heterocycles. The normalized spacial score (nSPS) is 11.5. The number of hydrogen-bond acceptors (Lipinski definition) is 4. The first-order chi connectivity index (χ1) is 28.3. The lowest BCUT2D eigenvalue weighted by Gasteiger charge is -2.27. The van der Waals surface area contributed by atoms with Crippen molar-refractivity contribution in [1.82, 2.24) is 24.1 Å². The molecule has 6 aromatic carbocycles. The SMILES string of the molecule is c1ccc2c(c1)c1ccccc1n2-c1cc(N(c2ccc(-c3ccncc3)cc2)c2ccc(-c3ccncc3)cc2)cc(-n2c3ccccc3c3ccccc32)n1. The molecule has 5 aromatic heterocycles. The van der Waals surface area contributed by atoms with Gasteiger partial charge in [-0.25, -0.2) is 4.98 Å². The number of pyridine rings is 3. The van der Waals surface area contributed by atoms with E-state index in [-0.39, 0.29) is 0 Å². The van der Waals surface area contributed by atoms with Gasteiger partial charge in [0.05, 0.1) is 27.8 Å². The summed E-state index contributed by atoms with van der Waals surface area (Å²) in [6.45, 7) is 0. The zero-order chi connectivity index (χ0) is 37.7. The van der Waals surface area contributed by atoms with Crippen molar-refractivity contribution in [3.63, 3.8) is 0 Å². The van der Waals surface area contributed by atoms with Crippen molar-refractivity contribution in [2.24, 2.45) is 0 Å². The van der Waals surface area contributed by atoms with Crippen LogP contribution in [0.15, 0.2) is 207 Å². The molecule has 0 fully saturated rings. The summed E-state index contributed by atoms with van der Waals surface area (Å²) in [6, 6.07) is 64.6. The number of fused-ring (bicyclic) bond motifs is 6. The van der Waals surface area contributed by atoms with Gasteiger partial charge in [0.25, 0.3) is 0 Å². The predicted octanol–water partition coefficient (Wildman–Crippen LogP) is 12.9. The average molecular weight is 731 g/mol. The van der Waals surface area contributed by atoms with E-state index in [1.165, 1.54) is 21.5 Å². The van der Waals surface area contributed by atoms with Crippen molar-refractivity contribution < 1.29 is 0 Å². The number of benzene rings is 6. The van der Waals surface area contributed by atoms with E-state index in [2.05, 4.69) is 182 Å². The Morgan fingerprint density at radius 3 is 0.982 bits per heavy atom. The summed E-state index contributed by atoms with van der Waals surface area (Å²) < 4.78 is 4.62. The number of aromatic nitrogens is 5. The molecular formula is C51H34N6. The van der Waals surface area contributed by atoms with Gasteiger partial charge in [-0.05, 0) is 95.1 Å². The van der Waals surface area contributed by atoms with Crippen LogP contribution in [0.3, 0.4) is 0 Å². The second-order valence-corrected chi connectivity index (χ2v) is 14.2. The van der Waals surface area contributed by atoms with Crippen molar-refractivity contribution in [3.05, 3.63) is 207 Å². The Balaban J connectivity index is 1.19. The third-order valence-corrected chi connectivity index (χ3v) is 10.9. The molecule has 6 heteroatoms. The van der Waals surface area contributed by atoms with Crippen LogP contribution in [0.2, 0.25) is 0 Å². The van der Waals surface area contributed by atoms with Crippen molar-refractivity contribution >= 4 is 60.7 Å². The summed E-state index contributed by atoms with van der Waals surface area (Å²) >= 11 is 0. The molecule has 11 rings (SSSR count). The zero-order valence-electron chi connectivity index (χ0n) is 30.8. The molecule has 268 valence electrons. The third kappa shape index (κ3) is 5.54. The number of nitrogens with zero attached hydrogens (tertiary/aromatic N) is 6. The van der Waals surface area contributed by atoms with Crippen LogP contribution in [0, 0.1) is 0 Å². The van der Waals surface area contributed by atoms with Gasteiger partial charge >= 0.3 is 0 Å². The van der Waals surface area contributed by atoms with Crippen LogP contribution >= 0.6 is 0 Å². The molecule has 11 aromatic rings. The summed E-state index contributed by atoms with van der Waals surface area (Å²) in [5, 5.41) is 4.76. The number of para-hydroxylation sites is 4. The third-order valence-electron chi connectivity index (χ3n) is 10.9. The number of hydrogen-bond donors (Lipinski definition) is 0. The minimum absolute atomic E-state index is 0.827. The lowest BCUT2D eigenvalue weighted by atomic mass is 10.0. The largest absolute Gasteiger partial charge is 0.310 e. The van der Waals surface area contributed by atoms with Gasteiger partial charge in [-0.2, -0.15) is 0 Å². The fourth-order valence-corrected chi connectivity index (χ4v) is 8.33. The van der Waals surface area contributed by atoms with E-state index < -0.39 is 0 Å². The van der Waals surface area contributed by atoms with Gasteiger partial charge in [0.2, 0.25) is 0 Å². The number of anilines is 3. The van der Waals surface area contributed by atoms with E-state index in [4.69, 9.17) is 4.98 Å². The molecule has 0 saturated carbocycles. The Hall–Kier alpha value is -7.83. The summed E-state index contributed by atoms with van der Waals surface area (Å²) in [4.78, 5) is 16.4. The van der Waals surface area contributed by atoms with Crippen molar-refractivity contribution in [2.75, 3.05) is 4.90 Å². The first-order valence-electron chi connectivity index (χ1n) is 19.1. The highest BCUT2D eigenvalue weighted by Gasteiger charge is 2.21. The second kappa shape index (κ2) is 13.5. The van der Waals surface area contributed by atoms with Gasteiger partial charge in [0, 0.05) is 69.8 Å². The first kappa shape index (κ1) is 32.6. The molecule has 0 aliphatic rings. The maximum absolute atomic E-state index is 5.58. The molecule has 0 aliphatic heterocycles. The maximum Gasteiger partial charge on any atom is 0.142 e. The lowest BCUT2D eigenvalue weighted by molar-refractivity contribution is 1.01. The van der Waals surface area contributed by atoms with Crippen LogP contribution in [0.1, 0.15) is 0 Å². The molecule has 0 atom stereocenters. The highest BCUT2D eigenvalue weighted by molar-refractivity contribution is 6.10. The van der Waals surface area contributed by atoms with Gasteiger partial charge in [0.1, 0.15) is 11.6 Å². The smallest absolute Gasteiger partial charge is 0.142 e. The standard InChI is InChI=1S/C51H34N6/c1-5-13-46-42(9-1)43-10-2-6-14-47(43)56(46)50-33-41(34-51(54-50)57-48-15-7-3-11-44(48)45-12-4-8-16-49(45)57)55(39-21-17-35(18-22-39)37-25-29-52-30-26-37)40-23-19-36(20-24-40)38-27-31-53-32-28-38/h1-34H. The maximum atomic E-state index is 5.58. The van der Waals surface area contributed by atoms with Crippen LogP contribution in [-0.4, -0.2) is 24.1 Å². The molecular weight excluding hydrogens is 697 g/mol. The fraction of sp³-hybridized carbons (Fsp3) is 0. The summed E-state index contributed by atoms with van der Waals surface area (Å²) in [5.74, 6) is 1.65. The van der Waals surface area contributed by atoms with Gasteiger partial charge < -0.3 is 4.90 Å². The zero-order valence-corrected chi connectivity index (χ0v) is 30.8. The van der Waals surface area contributed by atoms with Gasteiger partial charge in [0.15, 0.2) is 0 Å². The molecule has 0 amide bonds. The minimum atomic E-state index is 0.827. The van der Waals surface area contributed by atoms with E-state index in [9.17, 15) is 0 Å². The highest BCUT2D eigenvalue weighted by Crippen LogP contribution is 2.41. The van der Waals surface area contributed by atoms with Crippen LogP contribution in [-0.2, 0) is 0 Å². The van der Waals surface area contributed by atoms with Gasteiger partial charge in [-0.1, -0.05) is 97.1 Å². The Morgan fingerprint density at radius 1 is 0.316 bits per heavy atom. The Morgan fingerprint density at radius 2 is 0.632 bits per heavy atom. The van der Waals surface area contributed by atoms with Crippen LogP contribution < -0.4 is 4.90 Å². The van der Waals surface area contributed by atoms with E-state index in [1.54, 1.807) is 0 Å². The minimum Gasteiger partial charge on any atom is -0.310 e. The van der Waals surface area contributed by atoms with Crippen LogP contribution in [0.5, 0.6) is 0 Å². The van der Waals surface area contributed by atoms with E-state index in [1.807, 2.05) is 49.1 Å². The van der Waals surface area contributed by atoms with E-state index in [0.29, 0.717) is 0 Å². The molecule has 0 aliphatic carbocycles. The molecule has 0 radical (unpaired) electrons. The van der Waals surface area contributed by atoms with Crippen LogP contribution in [0.4, 0.5) is 17.1 Å². The Kier molecular flexibility index (Phi) is 7.71. The van der Waals surface area contributed by atoms with Crippen LogP contribution in [0.25, 0.3) is 77.5 Å². The summed E-state index contributed by atoms with van der Waals surface area (Å²) in [7, 11) is 0. The molecule has 57 heavy (non-hydrogen) atoms. The highest BCUT2D eigenvalue weighted by atomic mass is 15.2. The van der Waals surface area contributed by atoms with E-state index >= 15 is 0 Å². The van der Waals surface area contributed by atoms with Crippen molar-refractivity contribution in [3.8, 4) is 33.9 Å². The second-order valence-electron chi connectivity index (χ2n) is 14.2. The average Bonchev–Trinajstić information content (AvgIpc) is 3.81. The summed E-state index contributed by atoms with van der Waals surface area (Å²) in [5.41, 5.74) is 11.9. The Bertz CT molecular complexity index is 2900. The predicted molar refractivity (Wildman–Crippen MR) is 234 cm³/mol. The van der Waals surface area contributed by atoms with Crippen molar-refractivity contribution in [2.45, 2.75) is 0 Å². The van der Waals surface area contributed by atoms with Gasteiger partial charge in [-0.15, -0.1) is 0 Å². The number of rotatable bonds is 7. The molecule has 5 heterocycles. The lowest BCUT2D eigenvalue weighted by Crippen LogP contribution is -2.13. The molecule has 0 spiro atoms. The monoisotopic (exact) mass is 730 g/mol. The fourth-order valence-electron chi connectivity index (χ4n) is 8.33. The molecule has 0 N–H and O–H groups in total. The van der Waals surface area contributed by atoms with Crippen molar-refractivity contribution in [1.29, 1.82) is 0 Å². The molecule has 0 bridgehead atoms. The van der Waals surface area contributed by atoms with E-state index in [0.717, 1.165) is 73.0 Å². The Labute approximate surface area is 329 Å². The van der Waals surface area contributed by atoms with Gasteiger partial charge in [-0.3, -0.25) is 19.1 Å². The molecule has 6 nitrogen and oxygen atoms in total.